The number of imide groups is 1. The van der Waals surface area contributed by atoms with Crippen LogP contribution in [0.25, 0.3) is 0 Å². The Labute approximate surface area is 246 Å². The number of benzene rings is 3. The lowest BCUT2D eigenvalue weighted by molar-refractivity contribution is -0.136. The molecule has 0 atom stereocenters. The van der Waals surface area contributed by atoms with Gasteiger partial charge in [0.1, 0.15) is 11.5 Å². The van der Waals surface area contributed by atoms with Crippen LogP contribution in [0.3, 0.4) is 0 Å². The Balaban J connectivity index is 1.08. The molecule has 9 nitrogen and oxygen atoms in total. The number of para-hydroxylation sites is 2. The Bertz CT molecular complexity index is 1470. The number of carbonyl (C=O) groups is 3. The maximum absolute atomic E-state index is 13.5. The first kappa shape index (κ1) is 27.6. The third-order valence-electron chi connectivity index (χ3n) is 8.68. The van der Waals surface area contributed by atoms with Gasteiger partial charge in [-0.3, -0.25) is 19.3 Å². The molecule has 3 aromatic rings. The summed E-state index contributed by atoms with van der Waals surface area (Å²) in [6.45, 7) is 4.43. The maximum atomic E-state index is 13.5. The van der Waals surface area contributed by atoms with Gasteiger partial charge in [-0.05, 0) is 54.8 Å². The zero-order valence-corrected chi connectivity index (χ0v) is 24.1. The molecule has 0 spiro atoms. The molecule has 2 saturated heterocycles. The van der Waals surface area contributed by atoms with E-state index in [4.69, 9.17) is 9.47 Å². The second kappa shape index (κ2) is 11.8. The lowest BCUT2D eigenvalue weighted by atomic mass is 9.93. The summed E-state index contributed by atoms with van der Waals surface area (Å²) in [5, 5.41) is 0. The monoisotopic (exact) mass is 568 g/mol. The molecule has 9 heteroatoms. The van der Waals surface area contributed by atoms with Gasteiger partial charge in [-0.1, -0.05) is 30.3 Å². The number of anilines is 2. The van der Waals surface area contributed by atoms with E-state index in [-0.39, 0.29) is 30.2 Å². The van der Waals surface area contributed by atoms with Crippen molar-refractivity contribution in [2.24, 2.45) is 5.92 Å². The lowest BCUT2D eigenvalue weighted by Gasteiger charge is -2.40. The van der Waals surface area contributed by atoms with Crippen LogP contribution in [-0.2, 0) is 11.3 Å². The minimum Gasteiger partial charge on any atom is -0.497 e. The van der Waals surface area contributed by atoms with Gasteiger partial charge >= 0.3 is 0 Å². The molecule has 0 aromatic heterocycles. The fourth-order valence-corrected chi connectivity index (χ4v) is 6.32. The summed E-state index contributed by atoms with van der Waals surface area (Å²) in [6.07, 6.45) is 1.43. The molecule has 6 rings (SSSR count). The highest BCUT2D eigenvalue weighted by Crippen LogP contribution is 2.35. The minimum atomic E-state index is -0.273. The van der Waals surface area contributed by atoms with Crippen molar-refractivity contribution in [3.63, 3.8) is 0 Å². The Morgan fingerprint density at radius 2 is 1.40 bits per heavy atom. The predicted molar refractivity (Wildman–Crippen MR) is 160 cm³/mol. The van der Waals surface area contributed by atoms with Gasteiger partial charge in [-0.15, -0.1) is 0 Å². The van der Waals surface area contributed by atoms with Crippen molar-refractivity contribution in [1.29, 1.82) is 0 Å². The van der Waals surface area contributed by atoms with Gasteiger partial charge in [0.25, 0.3) is 11.8 Å². The van der Waals surface area contributed by atoms with Crippen LogP contribution in [0.15, 0.2) is 66.7 Å². The van der Waals surface area contributed by atoms with Gasteiger partial charge in [0.05, 0.1) is 43.3 Å². The zero-order chi connectivity index (χ0) is 29.2. The molecular weight excluding hydrogens is 532 g/mol. The normalized spacial score (nSPS) is 17.5. The molecule has 0 radical (unpaired) electrons. The molecule has 3 heterocycles. The summed E-state index contributed by atoms with van der Waals surface area (Å²) < 4.78 is 10.7. The first-order valence-electron chi connectivity index (χ1n) is 14.5. The highest BCUT2D eigenvalue weighted by atomic mass is 16.5. The topological polar surface area (TPSA) is 82.6 Å². The number of amides is 3. The molecule has 3 aliphatic heterocycles. The molecular formula is C33H36N4O5. The molecule has 2 fully saturated rings. The highest BCUT2D eigenvalue weighted by Gasteiger charge is 2.39. The number of ether oxygens (including phenoxy) is 2. The second-order valence-electron chi connectivity index (χ2n) is 11.0. The Morgan fingerprint density at radius 3 is 2.10 bits per heavy atom. The van der Waals surface area contributed by atoms with E-state index in [1.807, 2.05) is 59.5 Å². The van der Waals surface area contributed by atoms with E-state index in [9.17, 15) is 14.4 Å². The van der Waals surface area contributed by atoms with Crippen LogP contribution in [-0.4, -0.2) is 81.0 Å². The Morgan fingerprint density at radius 1 is 0.738 bits per heavy atom. The fraction of sp³-hybridized carbons (Fsp3) is 0.364. The van der Waals surface area contributed by atoms with Crippen molar-refractivity contribution < 1.29 is 23.9 Å². The van der Waals surface area contributed by atoms with Crippen LogP contribution >= 0.6 is 0 Å². The number of hydrogen-bond acceptors (Lipinski definition) is 7. The van der Waals surface area contributed by atoms with Crippen molar-refractivity contribution in [2.45, 2.75) is 19.4 Å². The molecule has 3 amide bonds. The van der Waals surface area contributed by atoms with Crippen molar-refractivity contribution in [3.8, 4) is 11.5 Å². The van der Waals surface area contributed by atoms with Crippen molar-refractivity contribution in [3.05, 3.63) is 83.4 Å². The van der Waals surface area contributed by atoms with Gasteiger partial charge in [-0.2, -0.15) is 0 Å². The van der Waals surface area contributed by atoms with Gasteiger partial charge < -0.3 is 24.2 Å². The predicted octanol–water partition coefficient (Wildman–Crippen LogP) is 4.07. The molecule has 42 heavy (non-hydrogen) atoms. The van der Waals surface area contributed by atoms with E-state index < -0.39 is 0 Å². The third-order valence-corrected chi connectivity index (χ3v) is 8.68. The molecule has 0 N–H and O–H groups in total. The zero-order valence-electron chi connectivity index (χ0n) is 24.1. The number of nitrogens with zero attached hydrogens (tertiary/aromatic N) is 4. The lowest BCUT2D eigenvalue weighted by Crippen LogP contribution is -2.51. The van der Waals surface area contributed by atoms with E-state index in [2.05, 4.69) is 15.9 Å². The number of piperazine rings is 1. The number of fused-ring (bicyclic) bond motifs is 1. The van der Waals surface area contributed by atoms with Crippen LogP contribution in [0.4, 0.5) is 11.4 Å². The van der Waals surface area contributed by atoms with Crippen molar-refractivity contribution in [2.75, 3.05) is 63.3 Å². The van der Waals surface area contributed by atoms with E-state index in [1.54, 1.807) is 20.3 Å². The van der Waals surface area contributed by atoms with E-state index in [1.165, 1.54) is 4.90 Å². The first-order chi connectivity index (χ1) is 20.5. The van der Waals surface area contributed by atoms with Crippen LogP contribution in [0, 0.1) is 5.92 Å². The summed E-state index contributed by atoms with van der Waals surface area (Å²) in [5.41, 5.74) is 3.60. The fourth-order valence-electron chi connectivity index (χ4n) is 6.32. The largest absolute Gasteiger partial charge is 0.497 e. The highest BCUT2D eigenvalue weighted by molar-refractivity contribution is 6.23. The first-order valence-corrected chi connectivity index (χ1v) is 14.5. The summed E-state index contributed by atoms with van der Waals surface area (Å²) in [5.74, 6) is 1.20. The summed E-state index contributed by atoms with van der Waals surface area (Å²) in [7, 11) is 3.28. The van der Waals surface area contributed by atoms with E-state index in [0.29, 0.717) is 50.1 Å². The maximum Gasteiger partial charge on any atom is 0.263 e. The molecule has 0 saturated carbocycles. The van der Waals surface area contributed by atoms with Gasteiger partial charge in [-0.25, -0.2) is 0 Å². The van der Waals surface area contributed by atoms with Crippen molar-refractivity contribution in [1.82, 2.24) is 9.80 Å². The summed E-state index contributed by atoms with van der Waals surface area (Å²) >= 11 is 0. The number of rotatable bonds is 7. The number of hydrogen-bond donors (Lipinski definition) is 0. The average Bonchev–Trinajstić information content (AvgIpc) is 3.29. The van der Waals surface area contributed by atoms with Crippen LogP contribution < -0.4 is 19.3 Å². The van der Waals surface area contributed by atoms with Gasteiger partial charge in [0.2, 0.25) is 5.91 Å². The van der Waals surface area contributed by atoms with Crippen LogP contribution in [0.1, 0.15) is 39.1 Å². The van der Waals surface area contributed by atoms with Crippen molar-refractivity contribution >= 4 is 29.1 Å². The second-order valence-corrected chi connectivity index (χ2v) is 11.0. The summed E-state index contributed by atoms with van der Waals surface area (Å²) in [6, 6.07) is 20.9. The smallest absolute Gasteiger partial charge is 0.263 e. The summed E-state index contributed by atoms with van der Waals surface area (Å²) in [4.78, 5) is 48.0. The molecule has 0 unspecified atom stereocenters. The molecule has 218 valence electrons. The molecule has 3 aromatic carbocycles. The van der Waals surface area contributed by atoms with Crippen LogP contribution in [0.2, 0.25) is 0 Å². The van der Waals surface area contributed by atoms with Gasteiger partial charge in [0, 0.05) is 45.2 Å². The van der Waals surface area contributed by atoms with Gasteiger partial charge in [0.15, 0.2) is 0 Å². The Kier molecular flexibility index (Phi) is 7.73. The van der Waals surface area contributed by atoms with E-state index >= 15 is 0 Å². The standard InChI is InChI=1S/C33H36N4O5/c1-41-25-12-10-23(11-13-25)22-37-32(39)26-6-5-8-28(30(26)33(37)40)34-16-14-24(15-17-34)31(38)36-20-18-35(19-21-36)27-7-3-4-9-29(27)42-2/h3-13,24H,14-22H2,1-2H3. The quantitative estimate of drug-likeness (QED) is 0.398. The number of carbonyl (C=O) groups excluding carboxylic acids is 3. The number of piperidine rings is 1. The average molecular weight is 569 g/mol. The Hall–Kier alpha value is -4.53. The van der Waals surface area contributed by atoms with E-state index in [0.717, 1.165) is 41.5 Å². The third kappa shape index (κ3) is 5.15. The molecule has 0 aliphatic carbocycles. The molecule has 0 bridgehead atoms. The minimum absolute atomic E-state index is 0.0419. The molecule has 3 aliphatic rings. The SMILES string of the molecule is COc1ccc(CN2C(=O)c3cccc(N4CCC(C(=O)N5CCN(c6ccccc6OC)CC5)CC4)c3C2=O)cc1. The van der Waals surface area contributed by atoms with Crippen LogP contribution in [0.5, 0.6) is 11.5 Å². The number of methoxy groups -OCH3 is 2.